The van der Waals surface area contributed by atoms with Crippen molar-refractivity contribution >= 4 is 28.5 Å². The van der Waals surface area contributed by atoms with Gasteiger partial charge in [0.15, 0.2) is 0 Å². The molecule has 2 aromatic carbocycles. The Labute approximate surface area is 186 Å². The molecule has 2 atom stereocenters. The van der Waals surface area contributed by atoms with Crippen molar-refractivity contribution in [1.29, 1.82) is 0 Å². The predicted octanol–water partition coefficient (Wildman–Crippen LogP) is 5.52. The van der Waals surface area contributed by atoms with Gasteiger partial charge in [0.05, 0.1) is 12.0 Å². The molecule has 2 unspecified atom stereocenters. The van der Waals surface area contributed by atoms with Crippen molar-refractivity contribution in [2.75, 3.05) is 6.61 Å². The number of aromatic nitrogens is 1. The van der Waals surface area contributed by atoms with Crippen LogP contribution < -0.4 is 10.1 Å². The predicted molar refractivity (Wildman–Crippen MR) is 122 cm³/mol. The van der Waals surface area contributed by atoms with Crippen molar-refractivity contribution < 1.29 is 9.53 Å². The summed E-state index contributed by atoms with van der Waals surface area (Å²) in [6.45, 7) is 2.69. The van der Waals surface area contributed by atoms with Crippen LogP contribution in [0, 0.1) is 0 Å². The minimum atomic E-state index is -0.392. The lowest BCUT2D eigenvalue weighted by molar-refractivity contribution is -0.112. The number of ether oxygens (including phenoxy) is 1. The van der Waals surface area contributed by atoms with Gasteiger partial charge < -0.3 is 4.74 Å². The summed E-state index contributed by atoms with van der Waals surface area (Å²) >= 11 is 7.57. The largest absolute Gasteiger partial charge is 0.493 e. The third-order valence-electron chi connectivity index (χ3n) is 5.11. The van der Waals surface area contributed by atoms with Crippen molar-refractivity contribution in [1.82, 2.24) is 10.3 Å². The fourth-order valence-electron chi connectivity index (χ4n) is 3.35. The van der Waals surface area contributed by atoms with Crippen molar-refractivity contribution in [3.05, 3.63) is 94.3 Å². The Morgan fingerprint density at radius 1 is 1.10 bits per heavy atom. The van der Waals surface area contributed by atoms with Crippen LogP contribution in [0.5, 0.6) is 5.75 Å². The Morgan fingerprint density at radius 3 is 2.60 bits per heavy atom. The summed E-state index contributed by atoms with van der Waals surface area (Å²) in [6.07, 6.45) is 3.68. The van der Waals surface area contributed by atoms with Gasteiger partial charge in [-0.3, -0.25) is 15.1 Å². The zero-order chi connectivity index (χ0) is 20.9. The monoisotopic (exact) mass is 438 g/mol. The fraction of sp³-hybridized carbons (Fsp3) is 0.250. The van der Waals surface area contributed by atoms with Crippen LogP contribution in [0.1, 0.15) is 40.7 Å². The van der Waals surface area contributed by atoms with E-state index in [1.165, 1.54) is 17.3 Å². The van der Waals surface area contributed by atoms with Crippen molar-refractivity contribution in [3.8, 4) is 5.75 Å². The van der Waals surface area contributed by atoms with Crippen LogP contribution in [0.15, 0.2) is 66.9 Å². The summed E-state index contributed by atoms with van der Waals surface area (Å²) < 4.78 is 5.86. The Hall–Kier alpha value is -2.34. The molecule has 1 aliphatic heterocycles. The number of aryl methyl sites for hydroxylation is 1. The Bertz CT molecular complexity index is 1010. The number of carbonyl (C=O) groups excluding carboxylic acids is 1. The average Bonchev–Trinajstić information content (AvgIpc) is 3.16. The van der Waals surface area contributed by atoms with Crippen LogP contribution in [-0.2, 0) is 17.6 Å². The number of halogens is 1. The first-order chi connectivity index (χ1) is 14.6. The molecule has 0 saturated carbocycles. The number of nitrogens with one attached hydrogen (secondary N) is 1. The zero-order valence-corrected chi connectivity index (χ0v) is 18.2. The molecular weight excluding hydrogens is 416 g/mol. The molecule has 0 amide bonds. The highest BCUT2D eigenvalue weighted by atomic mass is 35.5. The number of thioether (sulfide) groups is 1. The maximum atomic E-state index is 12.5. The minimum Gasteiger partial charge on any atom is -0.493 e. The lowest BCUT2D eigenvalue weighted by Crippen LogP contribution is -2.20. The molecule has 0 bridgehead atoms. The number of benzene rings is 2. The molecule has 1 aliphatic rings. The number of nitrogens with zero attached hydrogens (tertiary/aromatic N) is 1. The maximum absolute atomic E-state index is 12.5. The summed E-state index contributed by atoms with van der Waals surface area (Å²) in [6, 6.07) is 19.1. The van der Waals surface area contributed by atoms with Crippen molar-refractivity contribution in [2.45, 2.75) is 31.2 Å². The second-order valence-corrected chi connectivity index (χ2v) is 8.63. The molecule has 3 aromatic rings. The lowest BCUT2D eigenvalue weighted by atomic mass is 10.1. The second-order valence-electron chi connectivity index (χ2n) is 7.12. The van der Waals surface area contributed by atoms with E-state index in [2.05, 4.69) is 29.4 Å². The van der Waals surface area contributed by atoms with Gasteiger partial charge in [-0.2, -0.15) is 0 Å². The maximum Gasteiger partial charge on any atom is 0.212 e. The number of rotatable bonds is 7. The molecule has 4 nitrogen and oxygen atoms in total. The molecule has 154 valence electrons. The normalized spacial score (nSPS) is 18.5. The van der Waals surface area contributed by atoms with E-state index in [4.69, 9.17) is 16.3 Å². The van der Waals surface area contributed by atoms with Gasteiger partial charge in [0, 0.05) is 23.3 Å². The molecule has 0 aliphatic carbocycles. The smallest absolute Gasteiger partial charge is 0.212 e. The summed E-state index contributed by atoms with van der Waals surface area (Å²) in [4.78, 5) is 17.0. The van der Waals surface area contributed by atoms with E-state index in [9.17, 15) is 4.79 Å². The third kappa shape index (κ3) is 4.86. The van der Waals surface area contributed by atoms with Crippen molar-refractivity contribution in [2.24, 2.45) is 0 Å². The van der Waals surface area contributed by atoms with Gasteiger partial charge in [-0.15, -0.1) is 0 Å². The first-order valence-electron chi connectivity index (χ1n) is 10.0. The first kappa shape index (κ1) is 20.9. The highest BCUT2D eigenvalue weighted by Crippen LogP contribution is 2.41. The SMILES string of the molecule is CCc1ccc(CCOc2ccc(C3NC(c4ccccc4Cl)C(=O)S3)cc2)nc1. The topological polar surface area (TPSA) is 51.2 Å². The lowest BCUT2D eigenvalue weighted by Gasteiger charge is -2.14. The van der Waals surface area contributed by atoms with Gasteiger partial charge in [-0.1, -0.05) is 66.7 Å². The van der Waals surface area contributed by atoms with Gasteiger partial charge in [0.25, 0.3) is 0 Å². The highest BCUT2D eigenvalue weighted by molar-refractivity contribution is 8.14. The van der Waals surface area contributed by atoms with Gasteiger partial charge in [-0.05, 0) is 47.4 Å². The van der Waals surface area contributed by atoms with Gasteiger partial charge in [0.2, 0.25) is 5.12 Å². The van der Waals surface area contributed by atoms with Crippen LogP contribution in [0.4, 0.5) is 0 Å². The molecule has 6 heteroatoms. The average molecular weight is 439 g/mol. The molecule has 4 rings (SSSR count). The minimum absolute atomic E-state index is 0.0787. The summed E-state index contributed by atoms with van der Waals surface area (Å²) in [5.74, 6) is 0.806. The van der Waals surface area contributed by atoms with Crippen LogP contribution in [0.3, 0.4) is 0 Å². The van der Waals surface area contributed by atoms with Crippen molar-refractivity contribution in [3.63, 3.8) is 0 Å². The Morgan fingerprint density at radius 2 is 1.90 bits per heavy atom. The van der Waals surface area contributed by atoms with E-state index in [1.54, 1.807) is 0 Å². The molecule has 1 N–H and O–H groups in total. The van der Waals surface area contributed by atoms with Crippen LogP contribution in [0.25, 0.3) is 0 Å². The molecule has 1 saturated heterocycles. The molecule has 30 heavy (non-hydrogen) atoms. The first-order valence-corrected chi connectivity index (χ1v) is 11.3. The third-order valence-corrected chi connectivity index (χ3v) is 6.56. The van der Waals surface area contributed by atoms with Gasteiger partial charge >= 0.3 is 0 Å². The van der Waals surface area contributed by atoms with E-state index < -0.39 is 6.04 Å². The van der Waals surface area contributed by atoms with Gasteiger partial charge in [-0.25, -0.2) is 0 Å². The van der Waals surface area contributed by atoms with E-state index in [0.29, 0.717) is 11.6 Å². The van der Waals surface area contributed by atoms with E-state index in [-0.39, 0.29) is 10.5 Å². The summed E-state index contributed by atoms with van der Waals surface area (Å²) in [5.41, 5.74) is 4.12. The van der Waals surface area contributed by atoms with Crippen LogP contribution >= 0.6 is 23.4 Å². The molecule has 0 spiro atoms. The van der Waals surface area contributed by atoms with E-state index in [0.717, 1.165) is 35.4 Å². The Kier molecular flexibility index (Phi) is 6.72. The quantitative estimate of drug-likeness (QED) is 0.526. The number of pyridine rings is 1. The fourth-order valence-corrected chi connectivity index (χ4v) is 4.66. The zero-order valence-electron chi connectivity index (χ0n) is 16.7. The molecule has 1 fully saturated rings. The molecule has 2 heterocycles. The van der Waals surface area contributed by atoms with Crippen LogP contribution in [0.2, 0.25) is 5.02 Å². The highest BCUT2D eigenvalue weighted by Gasteiger charge is 2.35. The van der Waals surface area contributed by atoms with Crippen LogP contribution in [-0.4, -0.2) is 16.7 Å². The van der Waals surface area contributed by atoms with E-state index in [1.807, 2.05) is 54.7 Å². The molecule has 0 radical (unpaired) electrons. The number of carbonyl (C=O) groups is 1. The second kappa shape index (κ2) is 9.65. The number of hydrogen-bond acceptors (Lipinski definition) is 5. The standard InChI is InChI=1S/C24H23ClN2O2S/c1-2-16-7-10-18(26-15-16)13-14-29-19-11-8-17(9-12-19)23-27-22(24(28)30-23)20-5-3-4-6-21(20)25/h3-12,15,22-23,27H,2,13-14H2,1H3. The Balaban J connectivity index is 1.33. The van der Waals surface area contributed by atoms with E-state index >= 15 is 0 Å². The summed E-state index contributed by atoms with van der Waals surface area (Å²) in [7, 11) is 0. The summed E-state index contributed by atoms with van der Waals surface area (Å²) in [5, 5.41) is 3.97. The molecular formula is C24H23ClN2O2S. The molecule has 1 aromatic heterocycles. The number of hydrogen-bond donors (Lipinski definition) is 1. The van der Waals surface area contributed by atoms with Gasteiger partial charge in [0.1, 0.15) is 11.8 Å².